The molecule has 1 fully saturated rings. The number of ether oxygens (including phenoxy) is 2. The van der Waals surface area contributed by atoms with Gasteiger partial charge in [0, 0.05) is 26.2 Å². The monoisotopic (exact) mass is 304 g/mol. The lowest BCUT2D eigenvalue weighted by atomic mass is 10.2. The van der Waals surface area contributed by atoms with Gasteiger partial charge in [-0.25, -0.2) is 0 Å². The third-order valence-corrected chi connectivity index (χ3v) is 3.88. The Morgan fingerprint density at radius 1 is 1.18 bits per heavy atom. The largest absolute Gasteiger partial charge is 0.493 e. The molecule has 0 spiro atoms. The predicted octanol–water partition coefficient (Wildman–Crippen LogP) is 2.79. The van der Waals surface area contributed by atoms with Gasteiger partial charge in [-0.2, -0.15) is 0 Å². The molecule has 1 N–H and O–H groups in total. The highest BCUT2D eigenvalue weighted by atomic mass is 16.5. The van der Waals surface area contributed by atoms with Gasteiger partial charge in [0.2, 0.25) is 0 Å². The van der Waals surface area contributed by atoms with Crippen LogP contribution in [0.15, 0.2) is 24.3 Å². The van der Waals surface area contributed by atoms with E-state index in [2.05, 4.69) is 22.4 Å². The van der Waals surface area contributed by atoms with Crippen LogP contribution in [0.5, 0.6) is 11.5 Å². The first-order valence-electron chi connectivity index (χ1n) is 8.20. The summed E-state index contributed by atoms with van der Waals surface area (Å²) in [5, 5.41) is 3.38. The smallest absolute Gasteiger partial charge is 0.161 e. The standard InChI is InChI=1S/C18H28N2O2/c1-3-6-16-7-8-17(18(15-16)21-2)22-14-5-4-11-20-12-9-19-10-13-20/h3,6-8,15,19H,4-5,9-14H2,1-2H3. The van der Waals surface area contributed by atoms with Crippen molar-refractivity contribution >= 4 is 6.08 Å². The van der Waals surface area contributed by atoms with E-state index in [1.165, 1.54) is 26.1 Å². The molecule has 0 amide bonds. The molecule has 0 unspecified atom stereocenters. The van der Waals surface area contributed by atoms with E-state index in [0.717, 1.165) is 43.2 Å². The number of allylic oxidation sites excluding steroid dienone is 1. The summed E-state index contributed by atoms with van der Waals surface area (Å²) in [7, 11) is 1.69. The minimum Gasteiger partial charge on any atom is -0.493 e. The topological polar surface area (TPSA) is 33.7 Å². The van der Waals surface area contributed by atoms with E-state index in [0.29, 0.717) is 0 Å². The molecule has 122 valence electrons. The lowest BCUT2D eigenvalue weighted by molar-refractivity contribution is 0.224. The minimum atomic E-state index is 0.741. The van der Waals surface area contributed by atoms with Crippen LogP contribution in [0.4, 0.5) is 0 Å². The Kier molecular flexibility index (Phi) is 7.26. The highest BCUT2D eigenvalue weighted by Crippen LogP contribution is 2.28. The molecule has 1 saturated heterocycles. The average molecular weight is 304 g/mol. The predicted molar refractivity (Wildman–Crippen MR) is 91.7 cm³/mol. The first kappa shape index (κ1) is 16.8. The number of nitrogens with zero attached hydrogens (tertiary/aromatic N) is 1. The molecule has 1 aliphatic heterocycles. The molecule has 22 heavy (non-hydrogen) atoms. The van der Waals surface area contributed by atoms with E-state index in [9.17, 15) is 0 Å². The van der Waals surface area contributed by atoms with Crippen LogP contribution in [0.1, 0.15) is 25.3 Å². The Morgan fingerprint density at radius 3 is 2.73 bits per heavy atom. The lowest BCUT2D eigenvalue weighted by Crippen LogP contribution is -2.43. The van der Waals surface area contributed by atoms with Crippen LogP contribution in [0.25, 0.3) is 6.08 Å². The molecule has 0 aromatic heterocycles. The molecule has 4 heteroatoms. The van der Waals surface area contributed by atoms with E-state index in [-0.39, 0.29) is 0 Å². The molecule has 1 heterocycles. The van der Waals surface area contributed by atoms with Gasteiger partial charge in [-0.3, -0.25) is 0 Å². The fourth-order valence-electron chi connectivity index (χ4n) is 2.65. The van der Waals surface area contributed by atoms with Crippen LogP contribution in [0.2, 0.25) is 0 Å². The van der Waals surface area contributed by atoms with Crippen molar-refractivity contribution in [1.29, 1.82) is 0 Å². The van der Waals surface area contributed by atoms with Crippen LogP contribution in [-0.2, 0) is 0 Å². The number of nitrogens with one attached hydrogen (secondary N) is 1. The maximum atomic E-state index is 5.87. The highest BCUT2D eigenvalue weighted by molar-refractivity contribution is 5.55. The van der Waals surface area contributed by atoms with E-state index in [1.807, 2.05) is 25.1 Å². The van der Waals surface area contributed by atoms with Gasteiger partial charge >= 0.3 is 0 Å². The molecule has 0 aliphatic carbocycles. The van der Waals surface area contributed by atoms with Crippen LogP contribution >= 0.6 is 0 Å². The van der Waals surface area contributed by atoms with Crippen LogP contribution in [0, 0.1) is 0 Å². The SMILES string of the molecule is CC=Cc1ccc(OCCCCN2CCNCC2)c(OC)c1. The first-order chi connectivity index (χ1) is 10.8. The fourth-order valence-corrected chi connectivity index (χ4v) is 2.65. The molecule has 4 nitrogen and oxygen atoms in total. The van der Waals surface area contributed by atoms with E-state index in [1.54, 1.807) is 7.11 Å². The van der Waals surface area contributed by atoms with Crippen molar-refractivity contribution in [3.05, 3.63) is 29.8 Å². The number of hydrogen-bond acceptors (Lipinski definition) is 4. The number of rotatable bonds is 8. The first-order valence-corrected chi connectivity index (χ1v) is 8.20. The molecular formula is C18H28N2O2. The Morgan fingerprint density at radius 2 is 2.00 bits per heavy atom. The van der Waals surface area contributed by atoms with Gasteiger partial charge in [0.05, 0.1) is 13.7 Å². The summed E-state index contributed by atoms with van der Waals surface area (Å²) in [5.74, 6) is 1.63. The molecule has 1 aromatic rings. The fraction of sp³-hybridized carbons (Fsp3) is 0.556. The number of unbranched alkanes of at least 4 members (excludes halogenated alkanes) is 1. The zero-order valence-electron chi connectivity index (χ0n) is 13.8. The summed E-state index contributed by atoms with van der Waals surface area (Å²) >= 11 is 0. The Bertz CT molecular complexity index is 468. The van der Waals surface area contributed by atoms with Crippen molar-refractivity contribution in [3.8, 4) is 11.5 Å². The number of piperazine rings is 1. The molecule has 1 aliphatic rings. The number of benzene rings is 1. The summed E-state index contributed by atoms with van der Waals surface area (Å²) in [4.78, 5) is 2.52. The quantitative estimate of drug-likeness (QED) is 0.749. The number of hydrogen-bond donors (Lipinski definition) is 1. The summed E-state index contributed by atoms with van der Waals surface area (Å²) in [5.41, 5.74) is 1.13. The van der Waals surface area contributed by atoms with Crippen LogP contribution in [0.3, 0.4) is 0 Å². The second kappa shape index (κ2) is 9.49. The summed E-state index contributed by atoms with van der Waals surface area (Å²) in [6.45, 7) is 8.49. The maximum Gasteiger partial charge on any atom is 0.161 e. The minimum absolute atomic E-state index is 0.741. The van der Waals surface area contributed by atoms with Gasteiger partial charge in [-0.05, 0) is 44.0 Å². The summed E-state index contributed by atoms with van der Waals surface area (Å²) in [6.07, 6.45) is 6.33. The second-order valence-corrected chi connectivity index (χ2v) is 5.56. The van der Waals surface area contributed by atoms with Crippen LogP contribution < -0.4 is 14.8 Å². The molecule has 0 saturated carbocycles. The number of methoxy groups -OCH3 is 1. The van der Waals surface area contributed by atoms with E-state index in [4.69, 9.17) is 9.47 Å². The lowest BCUT2D eigenvalue weighted by Gasteiger charge is -2.27. The maximum absolute atomic E-state index is 5.87. The summed E-state index contributed by atoms with van der Waals surface area (Å²) in [6, 6.07) is 6.05. The van der Waals surface area contributed by atoms with Gasteiger partial charge in [-0.1, -0.05) is 18.2 Å². The van der Waals surface area contributed by atoms with Gasteiger partial charge in [0.15, 0.2) is 11.5 Å². The zero-order valence-corrected chi connectivity index (χ0v) is 13.8. The zero-order chi connectivity index (χ0) is 15.6. The van der Waals surface area contributed by atoms with Crippen molar-refractivity contribution in [2.45, 2.75) is 19.8 Å². The molecular weight excluding hydrogens is 276 g/mol. The van der Waals surface area contributed by atoms with Crippen molar-refractivity contribution in [3.63, 3.8) is 0 Å². The molecule has 2 rings (SSSR count). The second-order valence-electron chi connectivity index (χ2n) is 5.56. The molecule has 0 bridgehead atoms. The van der Waals surface area contributed by atoms with Crippen LogP contribution in [-0.4, -0.2) is 51.3 Å². The van der Waals surface area contributed by atoms with Gasteiger partial charge in [0.1, 0.15) is 0 Å². The summed E-state index contributed by atoms with van der Waals surface area (Å²) < 4.78 is 11.3. The normalized spacial score (nSPS) is 16.1. The molecule has 0 radical (unpaired) electrons. The highest BCUT2D eigenvalue weighted by Gasteiger charge is 2.09. The van der Waals surface area contributed by atoms with Gasteiger partial charge in [-0.15, -0.1) is 0 Å². The molecule has 1 aromatic carbocycles. The third kappa shape index (κ3) is 5.35. The van der Waals surface area contributed by atoms with E-state index >= 15 is 0 Å². The van der Waals surface area contributed by atoms with Crippen molar-refractivity contribution < 1.29 is 9.47 Å². The van der Waals surface area contributed by atoms with E-state index < -0.39 is 0 Å². The Hall–Kier alpha value is -1.52. The molecule has 0 atom stereocenters. The average Bonchev–Trinajstić information content (AvgIpc) is 2.56. The van der Waals surface area contributed by atoms with Gasteiger partial charge in [0.25, 0.3) is 0 Å². The Labute approximate surface area is 134 Å². The van der Waals surface area contributed by atoms with Crippen molar-refractivity contribution in [2.24, 2.45) is 0 Å². The van der Waals surface area contributed by atoms with Gasteiger partial charge < -0.3 is 19.7 Å². The Balaban J connectivity index is 1.71. The van der Waals surface area contributed by atoms with Crippen molar-refractivity contribution in [2.75, 3.05) is 46.4 Å². The van der Waals surface area contributed by atoms with Crippen molar-refractivity contribution in [1.82, 2.24) is 10.2 Å². The third-order valence-electron chi connectivity index (χ3n) is 3.88.